The van der Waals surface area contributed by atoms with Crippen molar-refractivity contribution >= 4 is 44.6 Å². The number of carboxylic acid groups (broad SMARTS) is 1. The van der Waals surface area contributed by atoms with Gasteiger partial charge < -0.3 is 21.1 Å². The summed E-state index contributed by atoms with van der Waals surface area (Å²) in [6, 6.07) is 9.28. The van der Waals surface area contributed by atoms with Gasteiger partial charge in [-0.15, -0.1) is 0 Å². The van der Waals surface area contributed by atoms with E-state index >= 15 is 0 Å². The fourth-order valence-electron chi connectivity index (χ4n) is 5.16. The number of benzene rings is 1. The number of rotatable bonds is 9. The van der Waals surface area contributed by atoms with Crippen LogP contribution in [-0.2, 0) is 4.79 Å². The number of aliphatic carboxylic acids is 1. The molecule has 1 fully saturated rings. The lowest BCUT2D eigenvalue weighted by molar-refractivity contribution is -0.138. The number of carbonyl (C=O) groups is 1. The van der Waals surface area contributed by atoms with E-state index in [2.05, 4.69) is 26.3 Å². The number of unbranched alkanes of at least 4 members (excludes halogenated alkanes) is 1. The number of anilines is 1. The summed E-state index contributed by atoms with van der Waals surface area (Å²) in [7, 11) is 0. The SMILES string of the molecule is NC(CCCCNc1nc(-c2ccnc3[nH]c4ccccc4c23)nc2cncc(C3CCC3)c12)C(=O)O. The summed E-state index contributed by atoms with van der Waals surface area (Å²) < 4.78 is 0. The minimum Gasteiger partial charge on any atom is -0.480 e. The third-order valence-corrected chi connectivity index (χ3v) is 7.37. The molecule has 188 valence electrons. The van der Waals surface area contributed by atoms with Crippen LogP contribution in [0, 0.1) is 0 Å². The molecule has 1 aromatic carbocycles. The molecular formula is C28H29N7O2. The summed E-state index contributed by atoms with van der Waals surface area (Å²) in [5, 5.41) is 15.7. The average molecular weight is 496 g/mol. The fraction of sp³-hybridized carbons (Fsp3) is 0.321. The van der Waals surface area contributed by atoms with E-state index in [1.807, 2.05) is 36.7 Å². The topological polar surface area (TPSA) is 143 Å². The van der Waals surface area contributed by atoms with E-state index in [9.17, 15) is 4.79 Å². The lowest BCUT2D eigenvalue weighted by Crippen LogP contribution is -2.29. The lowest BCUT2D eigenvalue weighted by atomic mass is 9.79. The Kier molecular flexibility index (Phi) is 6.13. The monoisotopic (exact) mass is 495 g/mol. The summed E-state index contributed by atoms with van der Waals surface area (Å²) in [6.07, 6.45) is 11.0. The van der Waals surface area contributed by atoms with E-state index in [0.29, 0.717) is 31.1 Å². The van der Waals surface area contributed by atoms with Gasteiger partial charge in [0.25, 0.3) is 0 Å². The maximum absolute atomic E-state index is 11.0. The molecule has 5 N–H and O–H groups in total. The van der Waals surface area contributed by atoms with Gasteiger partial charge in [0.15, 0.2) is 5.82 Å². The molecule has 0 spiro atoms. The molecule has 5 aromatic rings. The summed E-state index contributed by atoms with van der Waals surface area (Å²) >= 11 is 0. The Balaban J connectivity index is 1.41. The highest BCUT2D eigenvalue weighted by Gasteiger charge is 2.25. The zero-order valence-corrected chi connectivity index (χ0v) is 20.4. The average Bonchev–Trinajstić information content (AvgIpc) is 3.26. The number of aromatic nitrogens is 5. The molecule has 9 nitrogen and oxygen atoms in total. The molecule has 6 rings (SSSR count). The van der Waals surface area contributed by atoms with Crippen molar-refractivity contribution in [1.82, 2.24) is 24.9 Å². The minimum absolute atomic E-state index is 0.444. The molecule has 0 radical (unpaired) electrons. The maximum atomic E-state index is 11.0. The van der Waals surface area contributed by atoms with Gasteiger partial charge in [-0.05, 0) is 55.7 Å². The van der Waals surface area contributed by atoms with E-state index in [-0.39, 0.29) is 0 Å². The normalized spacial score (nSPS) is 14.7. The molecule has 4 aromatic heterocycles. The van der Waals surface area contributed by atoms with E-state index in [0.717, 1.165) is 63.5 Å². The van der Waals surface area contributed by atoms with Crippen LogP contribution < -0.4 is 11.1 Å². The molecule has 1 unspecified atom stereocenters. The highest BCUT2D eigenvalue weighted by molar-refractivity contribution is 6.12. The molecule has 9 heteroatoms. The molecule has 4 heterocycles. The maximum Gasteiger partial charge on any atom is 0.320 e. The number of nitrogens with two attached hydrogens (primary N) is 1. The van der Waals surface area contributed by atoms with Gasteiger partial charge in [-0.1, -0.05) is 24.6 Å². The second-order valence-corrected chi connectivity index (χ2v) is 9.77. The van der Waals surface area contributed by atoms with Crippen LogP contribution in [0.15, 0.2) is 48.9 Å². The van der Waals surface area contributed by atoms with Gasteiger partial charge in [0.2, 0.25) is 0 Å². The van der Waals surface area contributed by atoms with Crippen molar-refractivity contribution in [1.29, 1.82) is 0 Å². The van der Waals surface area contributed by atoms with Crippen LogP contribution in [0.2, 0.25) is 0 Å². The van der Waals surface area contributed by atoms with Crippen molar-refractivity contribution in [3.05, 3.63) is 54.5 Å². The van der Waals surface area contributed by atoms with Gasteiger partial charge in [0, 0.05) is 46.2 Å². The fourth-order valence-corrected chi connectivity index (χ4v) is 5.16. The molecule has 37 heavy (non-hydrogen) atoms. The van der Waals surface area contributed by atoms with Crippen molar-refractivity contribution in [2.45, 2.75) is 50.5 Å². The largest absolute Gasteiger partial charge is 0.480 e. The van der Waals surface area contributed by atoms with Crippen molar-refractivity contribution < 1.29 is 9.90 Å². The van der Waals surface area contributed by atoms with Crippen LogP contribution in [0.1, 0.15) is 50.0 Å². The summed E-state index contributed by atoms with van der Waals surface area (Å²) in [5.41, 5.74) is 10.4. The molecule has 1 atom stereocenters. The van der Waals surface area contributed by atoms with Crippen molar-refractivity contribution in [3.63, 3.8) is 0 Å². The highest BCUT2D eigenvalue weighted by Crippen LogP contribution is 2.41. The number of aromatic amines is 1. The first-order valence-electron chi connectivity index (χ1n) is 12.8. The van der Waals surface area contributed by atoms with E-state index in [1.165, 1.54) is 12.0 Å². The molecule has 1 aliphatic carbocycles. The van der Waals surface area contributed by atoms with Gasteiger partial charge in [0.1, 0.15) is 17.5 Å². The second-order valence-electron chi connectivity index (χ2n) is 9.77. The third kappa shape index (κ3) is 4.35. The number of hydrogen-bond acceptors (Lipinski definition) is 7. The number of fused-ring (bicyclic) bond motifs is 4. The smallest absolute Gasteiger partial charge is 0.320 e. The number of pyridine rings is 2. The number of H-pyrrole nitrogens is 1. The molecule has 0 bridgehead atoms. The molecule has 0 amide bonds. The van der Waals surface area contributed by atoms with Gasteiger partial charge >= 0.3 is 5.97 Å². The number of nitrogens with zero attached hydrogens (tertiary/aromatic N) is 4. The van der Waals surface area contributed by atoms with Crippen LogP contribution in [0.3, 0.4) is 0 Å². The Hall–Kier alpha value is -4.11. The molecule has 0 aliphatic heterocycles. The summed E-state index contributed by atoms with van der Waals surface area (Å²) in [6.45, 7) is 0.656. The number of carboxylic acids is 1. The Morgan fingerprint density at radius 2 is 2.00 bits per heavy atom. The van der Waals surface area contributed by atoms with E-state index in [4.69, 9.17) is 20.8 Å². The standard InChI is InChI=1S/C28H29N7O2/c29-20(28(36)37)9-3-4-12-31-27-24-19(16-6-5-7-16)14-30-15-22(24)34-25(35-27)18-11-13-32-26-23(18)17-8-1-2-10-21(17)33-26/h1-2,8,10-11,13-16,20H,3-7,9,12,29H2,(H,32,33)(H,36,37)(H,31,34,35). The second kappa shape index (κ2) is 9.74. The van der Waals surface area contributed by atoms with E-state index in [1.54, 1.807) is 6.20 Å². The van der Waals surface area contributed by atoms with Gasteiger partial charge in [-0.2, -0.15) is 0 Å². The van der Waals surface area contributed by atoms with Gasteiger partial charge in [-0.25, -0.2) is 15.0 Å². The zero-order valence-electron chi connectivity index (χ0n) is 20.4. The van der Waals surface area contributed by atoms with Crippen LogP contribution in [0.5, 0.6) is 0 Å². The number of para-hydroxylation sites is 1. The Labute approximate surface area is 213 Å². The van der Waals surface area contributed by atoms with Crippen LogP contribution in [-0.4, -0.2) is 48.6 Å². The first-order chi connectivity index (χ1) is 18.1. The predicted molar refractivity (Wildman–Crippen MR) is 144 cm³/mol. The summed E-state index contributed by atoms with van der Waals surface area (Å²) in [5.74, 6) is 0.920. The zero-order chi connectivity index (χ0) is 25.4. The van der Waals surface area contributed by atoms with Crippen molar-refractivity contribution in [3.8, 4) is 11.4 Å². The first kappa shape index (κ1) is 23.3. The Bertz CT molecular complexity index is 1610. The van der Waals surface area contributed by atoms with Crippen LogP contribution in [0.4, 0.5) is 5.82 Å². The molecular weight excluding hydrogens is 466 g/mol. The Morgan fingerprint density at radius 3 is 2.81 bits per heavy atom. The number of hydrogen-bond donors (Lipinski definition) is 4. The number of nitrogens with one attached hydrogen (secondary N) is 2. The lowest BCUT2D eigenvalue weighted by Gasteiger charge is -2.27. The molecule has 0 saturated heterocycles. The predicted octanol–water partition coefficient (Wildman–Crippen LogP) is 4.98. The highest BCUT2D eigenvalue weighted by atomic mass is 16.4. The van der Waals surface area contributed by atoms with Gasteiger partial charge in [0.05, 0.1) is 11.7 Å². The van der Waals surface area contributed by atoms with Crippen molar-refractivity contribution in [2.24, 2.45) is 5.73 Å². The minimum atomic E-state index is -0.960. The van der Waals surface area contributed by atoms with Crippen LogP contribution in [0.25, 0.3) is 44.2 Å². The summed E-state index contributed by atoms with van der Waals surface area (Å²) in [4.78, 5) is 33.6. The van der Waals surface area contributed by atoms with Crippen molar-refractivity contribution in [2.75, 3.05) is 11.9 Å². The van der Waals surface area contributed by atoms with Crippen LogP contribution >= 0.6 is 0 Å². The molecule has 1 aliphatic rings. The van der Waals surface area contributed by atoms with Gasteiger partial charge in [-0.3, -0.25) is 9.78 Å². The quantitative estimate of drug-likeness (QED) is 0.210. The third-order valence-electron chi connectivity index (χ3n) is 7.37. The Morgan fingerprint density at radius 1 is 1.14 bits per heavy atom. The molecule has 1 saturated carbocycles. The first-order valence-corrected chi connectivity index (χ1v) is 12.8. The van der Waals surface area contributed by atoms with E-state index < -0.39 is 12.0 Å².